The number of halogens is 1. The Morgan fingerprint density at radius 2 is 2.00 bits per heavy atom. The predicted molar refractivity (Wildman–Crippen MR) is 43.9 cm³/mol. The molecule has 13 heavy (non-hydrogen) atoms. The highest BCUT2D eigenvalue weighted by molar-refractivity contribution is 4.92. The van der Waals surface area contributed by atoms with Crippen LogP contribution in [0.15, 0.2) is 0 Å². The normalized spacial score (nSPS) is 48.0. The molecule has 0 N–H and O–H groups in total. The van der Waals surface area contributed by atoms with Gasteiger partial charge < -0.3 is 14.2 Å². The van der Waals surface area contributed by atoms with Gasteiger partial charge >= 0.3 is 0 Å². The molecule has 0 saturated carbocycles. The van der Waals surface area contributed by atoms with Crippen LogP contribution in [0.4, 0.5) is 4.39 Å². The number of ether oxygens (including phenoxy) is 3. The zero-order chi connectivity index (χ0) is 9.64. The van der Waals surface area contributed by atoms with Gasteiger partial charge in [-0.1, -0.05) is 6.92 Å². The van der Waals surface area contributed by atoms with E-state index in [9.17, 15) is 4.39 Å². The monoisotopic (exact) mass is 190 g/mol. The minimum Gasteiger partial charge on any atom is -0.343 e. The highest BCUT2D eigenvalue weighted by Gasteiger charge is 2.54. The maximum atomic E-state index is 13.6. The lowest BCUT2D eigenvalue weighted by atomic mass is 10.1. The Kier molecular flexibility index (Phi) is 2.09. The third-order valence-corrected chi connectivity index (χ3v) is 2.47. The number of rotatable bonds is 1. The summed E-state index contributed by atoms with van der Waals surface area (Å²) in [4.78, 5) is 0. The smallest absolute Gasteiger partial charge is 0.190 e. The van der Waals surface area contributed by atoms with Gasteiger partial charge in [-0.25, -0.2) is 4.39 Å². The van der Waals surface area contributed by atoms with Crippen LogP contribution in [0.25, 0.3) is 0 Å². The fourth-order valence-electron chi connectivity index (χ4n) is 1.86. The Balaban J connectivity index is 2.07. The Labute approximate surface area is 77.2 Å². The molecule has 0 unspecified atom stereocenters. The number of hydrogen-bond donors (Lipinski definition) is 0. The topological polar surface area (TPSA) is 27.7 Å². The van der Waals surface area contributed by atoms with Crippen LogP contribution in [0.5, 0.6) is 0 Å². The molecule has 0 bridgehead atoms. The van der Waals surface area contributed by atoms with Crippen molar-refractivity contribution in [2.75, 3.05) is 0 Å². The van der Waals surface area contributed by atoms with Crippen molar-refractivity contribution in [1.29, 1.82) is 0 Å². The predicted octanol–water partition coefficient (Wildman–Crippen LogP) is 1.61. The third-order valence-electron chi connectivity index (χ3n) is 2.47. The van der Waals surface area contributed by atoms with E-state index in [1.807, 2.05) is 6.92 Å². The third kappa shape index (κ3) is 1.47. The van der Waals surface area contributed by atoms with Gasteiger partial charge in [-0.15, -0.1) is 0 Å². The van der Waals surface area contributed by atoms with E-state index in [1.165, 1.54) is 0 Å². The van der Waals surface area contributed by atoms with E-state index in [4.69, 9.17) is 14.2 Å². The second-order valence-corrected chi connectivity index (χ2v) is 4.00. The molecule has 76 valence electrons. The standard InChI is InChI=1S/C9H15FO3/c1-4-5-6(10)7-8(11-5)13-9(2,3)12-7/h5-8H,4H2,1-3H3/t5-,6-,7-,8-/m1/s1. The van der Waals surface area contributed by atoms with Gasteiger partial charge in [0.2, 0.25) is 0 Å². The van der Waals surface area contributed by atoms with Crippen molar-refractivity contribution in [3.8, 4) is 0 Å². The van der Waals surface area contributed by atoms with Crippen LogP contribution < -0.4 is 0 Å². The first-order chi connectivity index (χ1) is 6.03. The minimum absolute atomic E-state index is 0.369. The Bertz CT molecular complexity index is 207. The molecule has 2 fully saturated rings. The van der Waals surface area contributed by atoms with Crippen LogP contribution in [0.3, 0.4) is 0 Å². The molecule has 0 radical (unpaired) electrons. The second-order valence-electron chi connectivity index (χ2n) is 4.00. The van der Waals surface area contributed by atoms with Gasteiger partial charge in [0.25, 0.3) is 0 Å². The molecule has 0 aromatic carbocycles. The van der Waals surface area contributed by atoms with Crippen molar-refractivity contribution in [1.82, 2.24) is 0 Å². The molecular weight excluding hydrogens is 175 g/mol. The highest BCUT2D eigenvalue weighted by Crippen LogP contribution is 2.39. The zero-order valence-corrected chi connectivity index (χ0v) is 8.12. The summed E-state index contributed by atoms with van der Waals surface area (Å²) in [5.74, 6) is -0.710. The SMILES string of the molecule is CC[C@H]1O[C@@H]2OC(C)(C)O[C@@H]2[C@@H]1F. The Hall–Kier alpha value is -0.190. The summed E-state index contributed by atoms with van der Waals surface area (Å²) in [5, 5.41) is 0. The molecule has 2 rings (SSSR count). The van der Waals surface area contributed by atoms with Gasteiger partial charge in [-0.2, -0.15) is 0 Å². The first kappa shape index (κ1) is 9.37. The summed E-state index contributed by atoms with van der Waals surface area (Å²) in [6, 6.07) is 0. The summed E-state index contributed by atoms with van der Waals surface area (Å²) in [7, 11) is 0. The van der Waals surface area contributed by atoms with Crippen molar-refractivity contribution in [2.45, 2.75) is 57.6 Å². The molecule has 2 aliphatic heterocycles. The quantitative estimate of drug-likeness (QED) is 0.628. The lowest BCUT2D eigenvalue weighted by molar-refractivity contribution is -0.210. The fraction of sp³-hybridized carbons (Fsp3) is 1.00. The number of hydrogen-bond acceptors (Lipinski definition) is 3. The van der Waals surface area contributed by atoms with Gasteiger partial charge in [0.1, 0.15) is 6.10 Å². The first-order valence-corrected chi connectivity index (χ1v) is 4.68. The van der Waals surface area contributed by atoms with Crippen LogP contribution in [0, 0.1) is 0 Å². The molecule has 0 spiro atoms. The van der Waals surface area contributed by atoms with E-state index >= 15 is 0 Å². The van der Waals surface area contributed by atoms with E-state index in [-0.39, 0.29) is 6.10 Å². The van der Waals surface area contributed by atoms with Gasteiger partial charge in [0.15, 0.2) is 18.2 Å². The van der Waals surface area contributed by atoms with E-state index in [1.54, 1.807) is 13.8 Å². The van der Waals surface area contributed by atoms with Crippen molar-refractivity contribution in [3.05, 3.63) is 0 Å². The van der Waals surface area contributed by atoms with E-state index in [0.29, 0.717) is 6.42 Å². The summed E-state index contributed by atoms with van der Waals surface area (Å²) in [6.45, 7) is 5.42. The van der Waals surface area contributed by atoms with Crippen LogP contribution >= 0.6 is 0 Å². The molecule has 0 aromatic rings. The average molecular weight is 190 g/mol. The minimum atomic E-state index is -1.06. The Morgan fingerprint density at radius 1 is 1.31 bits per heavy atom. The van der Waals surface area contributed by atoms with Crippen LogP contribution in [0.2, 0.25) is 0 Å². The molecule has 0 aliphatic carbocycles. The fourth-order valence-corrected chi connectivity index (χ4v) is 1.86. The number of alkyl halides is 1. The maximum Gasteiger partial charge on any atom is 0.190 e. The van der Waals surface area contributed by atoms with Gasteiger partial charge in [-0.3, -0.25) is 0 Å². The molecule has 2 heterocycles. The molecule has 3 nitrogen and oxygen atoms in total. The molecule has 4 heteroatoms. The largest absolute Gasteiger partial charge is 0.343 e. The van der Waals surface area contributed by atoms with Gasteiger partial charge in [-0.05, 0) is 20.3 Å². The zero-order valence-electron chi connectivity index (χ0n) is 8.12. The molecular formula is C9H15FO3. The molecule has 2 saturated heterocycles. The lowest BCUT2D eigenvalue weighted by Crippen LogP contribution is -2.31. The second kappa shape index (κ2) is 2.90. The van der Waals surface area contributed by atoms with Crippen molar-refractivity contribution in [3.63, 3.8) is 0 Å². The Morgan fingerprint density at radius 3 is 2.54 bits per heavy atom. The molecule has 4 atom stereocenters. The summed E-state index contributed by atoms with van der Waals surface area (Å²) in [6.07, 6.45) is -1.83. The van der Waals surface area contributed by atoms with Crippen LogP contribution in [-0.4, -0.2) is 30.5 Å². The highest BCUT2D eigenvalue weighted by atomic mass is 19.1. The lowest BCUT2D eigenvalue weighted by Gasteiger charge is -2.21. The molecule has 0 amide bonds. The number of fused-ring (bicyclic) bond motifs is 1. The maximum absolute atomic E-state index is 13.6. The van der Waals surface area contributed by atoms with Gasteiger partial charge in [0, 0.05) is 0 Å². The van der Waals surface area contributed by atoms with Crippen molar-refractivity contribution >= 4 is 0 Å². The average Bonchev–Trinajstić information content (AvgIpc) is 2.47. The van der Waals surface area contributed by atoms with Crippen molar-refractivity contribution < 1.29 is 18.6 Å². The van der Waals surface area contributed by atoms with Crippen LogP contribution in [-0.2, 0) is 14.2 Å². The first-order valence-electron chi connectivity index (χ1n) is 4.68. The summed E-state index contributed by atoms with van der Waals surface area (Å²) < 4.78 is 29.7. The molecule has 2 aliphatic rings. The van der Waals surface area contributed by atoms with Gasteiger partial charge in [0.05, 0.1) is 6.10 Å². The van der Waals surface area contributed by atoms with Crippen LogP contribution in [0.1, 0.15) is 27.2 Å². The summed E-state index contributed by atoms with van der Waals surface area (Å²) in [5.41, 5.74) is 0. The van der Waals surface area contributed by atoms with E-state index in [2.05, 4.69) is 0 Å². The van der Waals surface area contributed by atoms with E-state index in [0.717, 1.165) is 0 Å². The van der Waals surface area contributed by atoms with Crippen molar-refractivity contribution in [2.24, 2.45) is 0 Å². The van der Waals surface area contributed by atoms with E-state index < -0.39 is 24.4 Å². The molecule has 0 aromatic heterocycles. The summed E-state index contributed by atoms with van der Waals surface area (Å²) >= 11 is 0.